The molecule has 140 valence electrons. The van der Waals surface area contributed by atoms with Crippen LogP contribution in [0, 0.1) is 34.6 Å². The molecule has 0 fully saturated rings. The molecule has 0 spiro atoms. The van der Waals surface area contributed by atoms with E-state index in [1.54, 1.807) is 6.21 Å². The number of anilines is 1. The van der Waals surface area contributed by atoms with Crippen LogP contribution in [0.25, 0.3) is 0 Å². The second-order valence-corrected chi connectivity index (χ2v) is 7.21. The maximum Gasteiger partial charge on any atom is 0.259 e. The van der Waals surface area contributed by atoms with E-state index in [2.05, 4.69) is 73.2 Å². The first-order valence-electron chi connectivity index (χ1n) is 9.02. The van der Waals surface area contributed by atoms with Crippen molar-refractivity contribution in [1.29, 1.82) is 0 Å². The fraction of sp³-hybridized carbons (Fsp3) is 0.429. The van der Waals surface area contributed by atoms with Gasteiger partial charge in [0.05, 0.1) is 12.8 Å². The zero-order valence-corrected chi connectivity index (χ0v) is 16.9. The van der Waals surface area contributed by atoms with Crippen molar-refractivity contribution >= 4 is 17.8 Å². The van der Waals surface area contributed by atoms with Gasteiger partial charge in [-0.3, -0.25) is 4.79 Å². The van der Waals surface area contributed by atoms with E-state index < -0.39 is 0 Å². The smallest absolute Gasteiger partial charge is 0.259 e. The Morgan fingerprint density at radius 1 is 1.12 bits per heavy atom. The van der Waals surface area contributed by atoms with Gasteiger partial charge in [0.25, 0.3) is 5.91 Å². The summed E-state index contributed by atoms with van der Waals surface area (Å²) < 4.78 is 2.26. The summed E-state index contributed by atoms with van der Waals surface area (Å²) in [5, 5.41) is 7.32. The van der Waals surface area contributed by atoms with Gasteiger partial charge in [0.2, 0.25) is 0 Å². The molecule has 5 nitrogen and oxygen atoms in total. The van der Waals surface area contributed by atoms with Gasteiger partial charge < -0.3 is 9.88 Å². The number of hydrogen-bond acceptors (Lipinski definition) is 3. The highest BCUT2D eigenvalue weighted by atomic mass is 16.2. The maximum absolute atomic E-state index is 12.1. The molecule has 5 heteroatoms. The summed E-state index contributed by atoms with van der Waals surface area (Å²) in [6.45, 7) is 14.8. The molecule has 0 aliphatic heterocycles. The van der Waals surface area contributed by atoms with Crippen LogP contribution in [0.5, 0.6) is 0 Å². The summed E-state index contributed by atoms with van der Waals surface area (Å²) in [4.78, 5) is 12.1. The summed E-state index contributed by atoms with van der Waals surface area (Å²) in [7, 11) is 0. The molecule has 26 heavy (non-hydrogen) atoms. The Morgan fingerprint density at radius 3 is 2.27 bits per heavy atom. The fourth-order valence-electron chi connectivity index (χ4n) is 3.57. The van der Waals surface area contributed by atoms with Gasteiger partial charge in [-0.25, -0.2) is 5.43 Å². The van der Waals surface area contributed by atoms with Crippen molar-refractivity contribution in [3.63, 3.8) is 0 Å². The van der Waals surface area contributed by atoms with E-state index in [0.717, 1.165) is 28.1 Å². The Kier molecular flexibility index (Phi) is 6.24. The number of benzene rings is 1. The molecule has 0 bridgehead atoms. The number of hydrogen-bond donors (Lipinski definition) is 2. The number of amides is 1. The molecule has 0 aliphatic rings. The lowest BCUT2D eigenvalue weighted by Crippen LogP contribution is -2.26. The average Bonchev–Trinajstić information content (AvgIpc) is 2.80. The number of aryl methyl sites for hydroxylation is 4. The fourth-order valence-corrected chi connectivity index (χ4v) is 3.57. The highest BCUT2D eigenvalue weighted by molar-refractivity contribution is 5.85. The van der Waals surface area contributed by atoms with Crippen LogP contribution in [-0.4, -0.2) is 23.2 Å². The number of carbonyl (C=O) groups is 1. The van der Waals surface area contributed by atoms with Crippen LogP contribution in [0.15, 0.2) is 23.3 Å². The van der Waals surface area contributed by atoms with Gasteiger partial charge in [0, 0.05) is 28.7 Å². The Morgan fingerprint density at radius 2 is 1.73 bits per heavy atom. The Balaban J connectivity index is 1.96. The first kappa shape index (κ1) is 19.8. The molecular formula is C21H30N4O. The summed E-state index contributed by atoms with van der Waals surface area (Å²) in [5.41, 5.74) is 10.5. The summed E-state index contributed by atoms with van der Waals surface area (Å²) in [5.74, 6) is -0.168. The van der Waals surface area contributed by atoms with Crippen LogP contribution in [-0.2, 0) is 4.79 Å². The lowest BCUT2D eigenvalue weighted by atomic mass is 10.1. The predicted octanol–water partition coefficient (Wildman–Crippen LogP) is 4.17. The normalized spacial score (nSPS) is 11.4. The minimum atomic E-state index is -0.168. The van der Waals surface area contributed by atoms with Crippen LogP contribution >= 0.6 is 0 Å². The van der Waals surface area contributed by atoms with Crippen LogP contribution in [0.3, 0.4) is 0 Å². The predicted molar refractivity (Wildman–Crippen MR) is 109 cm³/mol. The molecule has 1 aromatic heterocycles. The highest BCUT2D eigenvalue weighted by Crippen LogP contribution is 2.21. The number of rotatable bonds is 6. The van der Waals surface area contributed by atoms with Crippen molar-refractivity contribution in [1.82, 2.24) is 9.99 Å². The Bertz CT molecular complexity index is 808. The van der Waals surface area contributed by atoms with Crippen LogP contribution < -0.4 is 10.7 Å². The third-order valence-corrected chi connectivity index (χ3v) is 4.54. The van der Waals surface area contributed by atoms with Crippen molar-refractivity contribution in [2.45, 2.75) is 54.5 Å². The SMILES string of the molecule is Cc1cc(C)c(NCC(=O)N/N=C\c2cc(C)n(C(C)C)c2C)c(C)c1. The van der Waals surface area contributed by atoms with Gasteiger partial charge in [0.15, 0.2) is 0 Å². The quantitative estimate of drug-likeness (QED) is 0.604. The lowest BCUT2D eigenvalue weighted by Gasteiger charge is -2.13. The lowest BCUT2D eigenvalue weighted by molar-refractivity contribution is -0.119. The zero-order valence-electron chi connectivity index (χ0n) is 16.9. The van der Waals surface area contributed by atoms with Gasteiger partial charge in [-0.05, 0) is 65.7 Å². The van der Waals surface area contributed by atoms with Gasteiger partial charge in [-0.2, -0.15) is 5.10 Å². The second-order valence-electron chi connectivity index (χ2n) is 7.21. The first-order chi connectivity index (χ1) is 12.2. The van der Waals surface area contributed by atoms with Crippen molar-refractivity contribution in [2.24, 2.45) is 5.10 Å². The van der Waals surface area contributed by atoms with E-state index in [0.29, 0.717) is 6.04 Å². The van der Waals surface area contributed by atoms with E-state index in [1.807, 2.05) is 13.8 Å². The number of nitrogens with one attached hydrogen (secondary N) is 2. The highest BCUT2D eigenvalue weighted by Gasteiger charge is 2.10. The van der Waals surface area contributed by atoms with E-state index in [9.17, 15) is 4.79 Å². The molecule has 0 unspecified atom stereocenters. The number of aromatic nitrogens is 1. The topological polar surface area (TPSA) is 58.4 Å². The molecule has 0 atom stereocenters. The third kappa shape index (κ3) is 4.54. The average molecular weight is 354 g/mol. The molecule has 1 amide bonds. The van der Waals surface area contributed by atoms with Crippen LogP contribution in [0.2, 0.25) is 0 Å². The molecule has 0 saturated carbocycles. The summed E-state index contributed by atoms with van der Waals surface area (Å²) in [6.07, 6.45) is 1.71. The van der Waals surface area contributed by atoms with Gasteiger partial charge in [0.1, 0.15) is 0 Å². The number of nitrogens with zero attached hydrogens (tertiary/aromatic N) is 2. The standard InChI is InChI=1S/C21H30N4O/c1-13(2)25-17(6)10-19(18(25)7)11-23-24-20(26)12-22-21-15(4)8-14(3)9-16(21)5/h8-11,13,22H,12H2,1-7H3,(H,24,26)/b23-11-. The van der Waals surface area contributed by atoms with Crippen molar-refractivity contribution < 1.29 is 4.79 Å². The molecule has 1 aromatic carbocycles. The van der Waals surface area contributed by atoms with Crippen molar-refractivity contribution in [3.05, 3.63) is 51.8 Å². The van der Waals surface area contributed by atoms with E-state index in [-0.39, 0.29) is 12.5 Å². The molecular weight excluding hydrogens is 324 g/mol. The molecule has 2 N–H and O–H groups in total. The first-order valence-corrected chi connectivity index (χ1v) is 9.02. The summed E-state index contributed by atoms with van der Waals surface area (Å²) >= 11 is 0. The molecule has 0 saturated heterocycles. The van der Waals surface area contributed by atoms with E-state index >= 15 is 0 Å². The van der Waals surface area contributed by atoms with Crippen LogP contribution in [0.1, 0.15) is 53.5 Å². The van der Waals surface area contributed by atoms with Gasteiger partial charge >= 0.3 is 0 Å². The zero-order chi connectivity index (χ0) is 19.4. The van der Waals surface area contributed by atoms with Crippen LogP contribution in [0.4, 0.5) is 5.69 Å². The maximum atomic E-state index is 12.1. The molecule has 0 radical (unpaired) electrons. The minimum absolute atomic E-state index is 0.168. The minimum Gasteiger partial charge on any atom is -0.376 e. The largest absolute Gasteiger partial charge is 0.376 e. The second kappa shape index (κ2) is 8.21. The van der Waals surface area contributed by atoms with Crippen molar-refractivity contribution in [2.75, 3.05) is 11.9 Å². The molecule has 1 heterocycles. The number of carbonyl (C=O) groups excluding carboxylic acids is 1. The van der Waals surface area contributed by atoms with Crippen molar-refractivity contribution in [3.8, 4) is 0 Å². The Labute approximate surface area is 156 Å². The van der Waals surface area contributed by atoms with Gasteiger partial charge in [-0.1, -0.05) is 17.7 Å². The monoisotopic (exact) mass is 354 g/mol. The Hall–Kier alpha value is -2.56. The summed E-state index contributed by atoms with van der Waals surface area (Å²) in [6, 6.07) is 6.70. The van der Waals surface area contributed by atoms with Gasteiger partial charge in [-0.15, -0.1) is 0 Å². The van der Waals surface area contributed by atoms with E-state index in [4.69, 9.17) is 0 Å². The number of hydrazone groups is 1. The molecule has 2 rings (SSSR count). The molecule has 0 aliphatic carbocycles. The van der Waals surface area contributed by atoms with E-state index in [1.165, 1.54) is 11.3 Å². The third-order valence-electron chi connectivity index (χ3n) is 4.54. The molecule has 2 aromatic rings.